The highest BCUT2D eigenvalue weighted by Crippen LogP contribution is 2.24. The summed E-state index contributed by atoms with van der Waals surface area (Å²) in [5.74, 6) is -0.445. The second-order valence-electron chi connectivity index (χ2n) is 6.59. The Bertz CT molecular complexity index is 1210. The Labute approximate surface area is 172 Å². The molecule has 0 aliphatic rings. The van der Waals surface area contributed by atoms with E-state index < -0.39 is 15.9 Å². The topological polar surface area (TPSA) is 71.7 Å². The molecule has 1 heterocycles. The van der Waals surface area contributed by atoms with Crippen molar-refractivity contribution in [3.63, 3.8) is 0 Å². The van der Waals surface area contributed by atoms with Gasteiger partial charge < -0.3 is 4.57 Å². The molecule has 6 nitrogen and oxygen atoms in total. The van der Waals surface area contributed by atoms with Gasteiger partial charge in [-0.2, -0.15) is 9.30 Å². The zero-order valence-electron chi connectivity index (χ0n) is 15.9. The molecule has 0 bridgehead atoms. The molecule has 0 fully saturated rings. The summed E-state index contributed by atoms with van der Waals surface area (Å²) in [5, 5.41) is 0.592. The fraction of sp³-hybridized carbons (Fsp3) is 0.263. The Balaban J connectivity index is 1.96. The Morgan fingerprint density at radius 3 is 2.39 bits per heavy atom. The van der Waals surface area contributed by atoms with Crippen LogP contribution in [-0.2, 0) is 17.1 Å². The predicted octanol–water partition coefficient (Wildman–Crippen LogP) is 3.66. The lowest BCUT2D eigenvalue weighted by Gasteiger charge is -2.20. The molecule has 0 spiro atoms. The molecule has 1 aromatic heterocycles. The van der Waals surface area contributed by atoms with Crippen LogP contribution in [0.4, 0.5) is 0 Å². The van der Waals surface area contributed by atoms with Crippen molar-refractivity contribution in [3.05, 3.63) is 57.9 Å². The normalized spacial score (nSPS) is 13.0. The number of carbonyl (C=O) groups is 1. The molecular formula is C19H20ClN3O3S2. The molecule has 0 N–H and O–H groups in total. The third-order valence-electron chi connectivity index (χ3n) is 4.48. The predicted molar refractivity (Wildman–Crippen MR) is 112 cm³/mol. The average Bonchev–Trinajstić information content (AvgIpc) is 2.97. The molecular weight excluding hydrogens is 418 g/mol. The number of nitrogens with zero attached hydrogens (tertiary/aromatic N) is 3. The number of aromatic nitrogens is 1. The summed E-state index contributed by atoms with van der Waals surface area (Å²) in [6, 6.07) is 11.2. The maximum atomic E-state index is 12.6. The van der Waals surface area contributed by atoms with Gasteiger partial charge in [-0.05, 0) is 50.2 Å². The number of sulfonamides is 1. The number of para-hydroxylation sites is 1. The number of rotatable bonds is 4. The van der Waals surface area contributed by atoms with Crippen LogP contribution in [0, 0.1) is 0 Å². The van der Waals surface area contributed by atoms with Gasteiger partial charge in [-0.25, -0.2) is 8.42 Å². The monoisotopic (exact) mass is 437 g/mol. The lowest BCUT2D eigenvalue weighted by molar-refractivity contribution is 0.0998. The third kappa shape index (κ3) is 3.77. The van der Waals surface area contributed by atoms with Crippen molar-refractivity contribution in [1.82, 2.24) is 8.87 Å². The maximum Gasteiger partial charge on any atom is 0.279 e. The van der Waals surface area contributed by atoms with Crippen molar-refractivity contribution in [3.8, 4) is 0 Å². The molecule has 0 unspecified atom stereocenters. The zero-order valence-corrected chi connectivity index (χ0v) is 18.3. The van der Waals surface area contributed by atoms with Gasteiger partial charge in [-0.15, -0.1) is 0 Å². The van der Waals surface area contributed by atoms with Crippen LogP contribution in [0.2, 0.25) is 5.02 Å². The summed E-state index contributed by atoms with van der Waals surface area (Å²) in [7, 11) is -0.265. The molecule has 2 aromatic carbocycles. The molecule has 3 rings (SSSR count). The number of benzene rings is 2. The number of amides is 1. The number of hydrogen-bond acceptors (Lipinski definition) is 4. The average molecular weight is 438 g/mol. The first-order valence-corrected chi connectivity index (χ1v) is 11.2. The molecule has 28 heavy (non-hydrogen) atoms. The molecule has 1 amide bonds. The van der Waals surface area contributed by atoms with Crippen LogP contribution < -0.4 is 4.80 Å². The minimum atomic E-state index is -3.59. The van der Waals surface area contributed by atoms with Crippen LogP contribution >= 0.6 is 22.9 Å². The Kier molecular flexibility index (Phi) is 5.77. The van der Waals surface area contributed by atoms with E-state index in [9.17, 15) is 13.2 Å². The molecule has 0 radical (unpaired) electrons. The Hall–Kier alpha value is -2.00. The van der Waals surface area contributed by atoms with Gasteiger partial charge in [0.05, 0.1) is 20.1 Å². The largest absolute Gasteiger partial charge is 0.318 e. The summed E-state index contributed by atoms with van der Waals surface area (Å²) in [4.78, 5) is 17.4. The summed E-state index contributed by atoms with van der Waals surface area (Å²) < 4.78 is 29.0. The van der Waals surface area contributed by atoms with Gasteiger partial charge in [0.1, 0.15) is 0 Å². The summed E-state index contributed by atoms with van der Waals surface area (Å²) in [5.41, 5.74) is 1.13. The lowest BCUT2D eigenvalue weighted by Crippen LogP contribution is -2.33. The van der Waals surface area contributed by atoms with E-state index in [1.165, 1.54) is 47.0 Å². The Morgan fingerprint density at radius 2 is 1.82 bits per heavy atom. The van der Waals surface area contributed by atoms with E-state index in [4.69, 9.17) is 11.6 Å². The highest BCUT2D eigenvalue weighted by Gasteiger charge is 2.23. The van der Waals surface area contributed by atoms with Crippen LogP contribution in [0.15, 0.2) is 52.4 Å². The van der Waals surface area contributed by atoms with Gasteiger partial charge in [0.2, 0.25) is 10.0 Å². The molecule has 0 atom stereocenters. The second kappa shape index (κ2) is 7.79. The number of aryl methyl sites for hydroxylation is 1. The summed E-state index contributed by atoms with van der Waals surface area (Å²) >= 11 is 7.60. The highest BCUT2D eigenvalue weighted by molar-refractivity contribution is 7.89. The standard InChI is InChI=1S/C19H20ClN3O3S2/c1-12(2)23(4)28(25,26)14-10-8-13(9-11-14)18(24)21-19-22(3)17-15(20)6-5-7-16(17)27-19/h5-12H,1-4H3. The SMILES string of the molecule is CC(C)N(C)S(=O)(=O)c1ccc(C(=O)N=c2sc3cccc(Cl)c3n2C)cc1. The van der Waals surface area contributed by atoms with E-state index in [0.717, 1.165) is 10.2 Å². The van der Waals surface area contributed by atoms with E-state index in [1.807, 2.05) is 12.1 Å². The molecule has 3 aromatic rings. The van der Waals surface area contributed by atoms with Crippen LogP contribution in [0.3, 0.4) is 0 Å². The van der Waals surface area contributed by atoms with Crippen LogP contribution in [-0.4, -0.2) is 36.3 Å². The summed E-state index contributed by atoms with van der Waals surface area (Å²) in [6.45, 7) is 3.59. The smallest absolute Gasteiger partial charge is 0.279 e. The molecule has 0 aliphatic carbocycles. The van der Waals surface area contributed by atoms with Crippen molar-refractivity contribution in [2.45, 2.75) is 24.8 Å². The first-order chi connectivity index (χ1) is 13.1. The minimum Gasteiger partial charge on any atom is -0.318 e. The fourth-order valence-corrected chi connectivity index (χ4v) is 5.40. The quantitative estimate of drug-likeness (QED) is 0.625. The van der Waals surface area contributed by atoms with Gasteiger partial charge in [0, 0.05) is 25.7 Å². The second-order valence-corrected chi connectivity index (χ2v) is 10.0. The number of hydrogen-bond donors (Lipinski definition) is 0. The molecule has 0 aliphatic heterocycles. The van der Waals surface area contributed by atoms with Crippen LogP contribution in [0.5, 0.6) is 0 Å². The van der Waals surface area contributed by atoms with Crippen molar-refractivity contribution in [1.29, 1.82) is 0 Å². The van der Waals surface area contributed by atoms with E-state index in [-0.39, 0.29) is 10.9 Å². The third-order valence-corrected chi connectivity index (χ3v) is 7.93. The van der Waals surface area contributed by atoms with E-state index in [0.29, 0.717) is 15.4 Å². The fourth-order valence-electron chi connectivity index (χ4n) is 2.63. The minimum absolute atomic E-state index is 0.138. The van der Waals surface area contributed by atoms with Gasteiger partial charge in [0.25, 0.3) is 5.91 Å². The number of halogens is 1. The van der Waals surface area contributed by atoms with Gasteiger partial charge in [-0.1, -0.05) is 29.0 Å². The number of fused-ring (bicyclic) bond motifs is 1. The van der Waals surface area contributed by atoms with E-state index in [2.05, 4.69) is 4.99 Å². The molecule has 0 saturated carbocycles. The van der Waals surface area contributed by atoms with E-state index in [1.54, 1.807) is 31.5 Å². The Morgan fingerprint density at radius 1 is 1.18 bits per heavy atom. The summed E-state index contributed by atoms with van der Waals surface area (Å²) in [6.07, 6.45) is 0. The van der Waals surface area contributed by atoms with Crippen molar-refractivity contribution < 1.29 is 13.2 Å². The van der Waals surface area contributed by atoms with Gasteiger partial charge >= 0.3 is 0 Å². The van der Waals surface area contributed by atoms with Gasteiger partial charge in [-0.3, -0.25) is 4.79 Å². The van der Waals surface area contributed by atoms with E-state index >= 15 is 0 Å². The number of thiazole rings is 1. The number of carbonyl (C=O) groups excluding carboxylic acids is 1. The molecule has 9 heteroatoms. The van der Waals surface area contributed by atoms with Crippen molar-refractivity contribution >= 4 is 49.1 Å². The first kappa shape index (κ1) is 20.7. The first-order valence-electron chi connectivity index (χ1n) is 8.54. The molecule has 0 saturated heterocycles. The maximum absolute atomic E-state index is 12.6. The zero-order chi connectivity index (χ0) is 20.6. The molecule has 148 valence electrons. The van der Waals surface area contributed by atoms with Crippen LogP contribution in [0.25, 0.3) is 10.2 Å². The lowest BCUT2D eigenvalue weighted by atomic mass is 10.2. The van der Waals surface area contributed by atoms with Crippen molar-refractivity contribution in [2.24, 2.45) is 12.0 Å². The van der Waals surface area contributed by atoms with Crippen molar-refractivity contribution in [2.75, 3.05) is 7.05 Å². The highest BCUT2D eigenvalue weighted by atomic mass is 35.5. The van der Waals surface area contributed by atoms with Gasteiger partial charge in [0.15, 0.2) is 4.80 Å². The van der Waals surface area contributed by atoms with Crippen LogP contribution in [0.1, 0.15) is 24.2 Å².